The van der Waals surface area contributed by atoms with Crippen molar-refractivity contribution in [2.24, 2.45) is 0 Å². The normalized spacial score (nSPS) is 13.1. The van der Waals surface area contributed by atoms with Gasteiger partial charge in [-0.3, -0.25) is 14.4 Å². The zero-order valence-corrected chi connectivity index (χ0v) is 43.1. The lowest BCUT2D eigenvalue weighted by atomic mass is 10.1. The highest BCUT2D eigenvalue weighted by Crippen LogP contribution is 2.12. The minimum Gasteiger partial charge on any atom is -0.462 e. The fraction of sp³-hybridized carbons (Fsp3) is 0.623. The molecule has 0 N–H and O–H groups in total. The SMILES string of the molecule is CC/C=C\C/C=C\C/C=C\C/C=C\C/C=C\CCCC(=O)OC[C@H](COC(=O)CCCCCCCCC/C=C\C/C=C\CCCCC)OC(=O)CCCC/C=C\C/C=C\C/C=C\CCCCC. The summed E-state index contributed by atoms with van der Waals surface area (Å²) in [6.07, 6.45) is 74.7. The minimum absolute atomic E-state index is 0.119. The Balaban J connectivity index is 4.56. The van der Waals surface area contributed by atoms with Crippen LogP contribution >= 0.6 is 0 Å². The lowest BCUT2D eigenvalue weighted by Gasteiger charge is -2.18. The van der Waals surface area contributed by atoms with Crippen LogP contribution in [0.3, 0.4) is 0 Å². The second kappa shape index (κ2) is 54.4. The van der Waals surface area contributed by atoms with E-state index in [0.29, 0.717) is 19.3 Å². The zero-order valence-electron chi connectivity index (χ0n) is 43.1. The summed E-state index contributed by atoms with van der Waals surface area (Å²) in [5, 5.41) is 0. The number of hydrogen-bond donors (Lipinski definition) is 0. The van der Waals surface area contributed by atoms with Crippen molar-refractivity contribution in [3.8, 4) is 0 Å². The Kier molecular flexibility index (Phi) is 51.0. The number of esters is 3. The van der Waals surface area contributed by atoms with Gasteiger partial charge in [0, 0.05) is 19.3 Å². The van der Waals surface area contributed by atoms with E-state index in [1.165, 1.54) is 77.0 Å². The van der Waals surface area contributed by atoms with Crippen LogP contribution in [-0.2, 0) is 28.6 Å². The summed E-state index contributed by atoms with van der Waals surface area (Å²) in [7, 11) is 0. The Bertz CT molecular complexity index is 1440. The minimum atomic E-state index is -0.828. The van der Waals surface area contributed by atoms with Crippen LogP contribution in [0.25, 0.3) is 0 Å². The topological polar surface area (TPSA) is 78.9 Å². The molecule has 0 unspecified atom stereocenters. The van der Waals surface area contributed by atoms with Crippen molar-refractivity contribution in [1.29, 1.82) is 0 Å². The van der Waals surface area contributed by atoms with E-state index >= 15 is 0 Å². The standard InChI is InChI=1S/C61H98O6/c1-4-7-10-13-16-19-22-25-28-30-33-35-38-41-44-47-50-53-59(62)65-56-58(67-61(64)55-52-49-46-43-40-37-32-27-24-21-18-15-12-9-6-3)57-66-60(63)54-51-48-45-42-39-36-34-31-29-26-23-20-17-14-11-8-5-2/h7,10,16-21,25-29,32-33,35,40-41,43-44,58H,4-6,8-9,11-15,22-24,30-31,34,36-39,42,45-57H2,1-3H3/b10-7-,19-16-,20-17-,21-18-,28-25-,29-26-,32-27-,35-33-,43-40-,44-41-/t58-/m1/s1. The number of carbonyl (C=O) groups excluding carboxylic acids is 3. The highest BCUT2D eigenvalue weighted by atomic mass is 16.6. The molecule has 67 heavy (non-hydrogen) atoms. The van der Waals surface area contributed by atoms with Gasteiger partial charge in [-0.05, 0) is 128 Å². The molecule has 0 fully saturated rings. The van der Waals surface area contributed by atoms with E-state index < -0.39 is 6.10 Å². The number of ether oxygens (including phenoxy) is 3. The summed E-state index contributed by atoms with van der Waals surface area (Å²) in [6, 6.07) is 0. The van der Waals surface area contributed by atoms with E-state index in [1.807, 2.05) is 0 Å². The fourth-order valence-electron chi connectivity index (χ4n) is 6.87. The monoisotopic (exact) mass is 927 g/mol. The van der Waals surface area contributed by atoms with Crippen LogP contribution in [0.4, 0.5) is 0 Å². The van der Waals surface area contributed by atoms with E-state index in [2.05, 4.69) is 142 Å². The molecule has 0 saturated carbocycles. The molecule has 0 spiro atoms. The molecule has 0 saturated heterocycles. The van der Waals surface area contributed by atoms with Gasteiger partial charge in [0.2, 0.25) is 0 Å². The fourth-order valence-corrected chi connectivity index (χ4v) is 6.87. The summed E-state index contributed by atoms with van der Waals surface area (Å²) >= 11 is 0. The van der Waals surface area contributed by atoms with Crippen LogP contribution in [-0.4, -0.2) is 37.2 Å². The van der Waals surface area contributed by atoms with Gasteiger partial charge in [-0.2, -0.15) is 0 Å². The molecule has 0 aromatic carbocycles. The molecule has 0 radical (unpaired) electrons. The van der Waals surface area contributed by atoms with Crippen LogP contribution in [0.15, 0.2) is 122 Å². The van der Waals surface area contributed by atoms with Crippen LogP contribution in [0.1, 0.15) is 226 Å². The van der Waals surface area contributed by atoms with Crippen LogP contribution in [0.2, 0.25) is 0 Å². The Labute approximate surface area is 412 Å². The number of hydrogen-bond acceptors (Lipinski definition) is 6. The van der Waals surface area contributed by atoms with Gasteiger partial charge in [0.1, 0.15) is 13.2 Å². The molecule has 0 heterocycles. The Morgan fingerprint density at radius 3 is 1.00 bits per heavy atom. The largest absolute Gasteiger partial charge is 0.462 e. The first-order valence-electron chi connectivity index (χ1n) is 27.0. The molecule has 6 nitrogen and oxygen atoms in total. The van der Waals surface area contributed by atoms with Gasteiger partial charge >= 0.3 is 17.9 Å². The van der Waals surface area contributed by atoms with Crippen LogP contribution < -0.4 is 0 Å². The predicted molar refractivity (Wildman–Crippen MR) is 288 cm³/mol. The van der Waals surface area contributed by atoms with Gasteiger partial charge in [-0.15, -0.1) is 0 Å². The summed E-state index contributed by atoms with van der Waals surface area (Å²) in [6.45, 7) is 6.37. The van der Waals surface area contributed by atoms with Crippen molar-refractivity contribution >= 4 is 17.9 Å². The van der Waals surface area contributed by atoms with Crippen molar-refractivity contribution in [2.45, 2.75) is 232 Å². The molecule has 0 bridgehead atoms. The van der Waals surface area contributed by atoms with Gasteiger partial charge in [-0.25, -0.2) is 0 Å². The molecule has 0 aliphatic carbocycles. The Hall–Kier alpha value is -4.19. The highest BCUT2D eigenvalue weighted by molar-refractivity contribution is 5.71. The summed E-state index contributed by atoms with van der Waals surface area (Å²) in [4.78, 5) is 38.0. The highest BCUT2D eigenvalue weighted by Gasteiger charge is 2.19. The van der Waals surface area contributed by atoms with Gasteiger partial charge in [-0.1, -0.05) is 200 Å². The van der Waals surface area contributed by atoms with Gasteiger partial charge in [0.05, 0.1) is 0 Å². The maximum absolute atomic E-state index is 12.8. The van der Waals surface area contributed by atoms with Crippen molar-refractivity contribution < 1.29 is 28.6 Å². The molecule has 378 valence electrons. The van der Waals surface area contributed by atoms with E-state index in [4.69, 9.17) is 14.2 Å². The second-order valence-electron chi connectivity index (χ2n) is 17.4. The molecule has 0 aromatic heterocycles. The molecule has 0 rings (SSSR count). The number of carbonyl (C=O) groups is 3. The Morgan fingerprint density at radius 2 is 0.597 bits per heavy atom. The van der Waals surface area contributed by atoms with Crippen molar-refractivity contribution in [3.05, 3.63) is 122 Å². The first-order chi connectivity index (χ1) is 33.0. The third-order valence-electron chi connectivity index (χ3n) is 10.9. The smallest absolute Gasteiger partial charge is 0.306 e. The Morgan fingerprint density at radius 1 is 0.313 bits per heavy atom. The van der Waals surface area contributed by atoms with Crippen LogP contribution in [0.5, 0.6) is 0 Å². The third kappa shape index (κ3) is 52.6. The maximum atomic E-state index is 12.8. The van der Waals surface area contributed by atoms with Gasteiger partial charge in [0.15, 0.2) is 6.10 Å². The molecular weight excluding hydrogens is 829 g/mol. The number of rotatable bonds is 47. The first-order valence-corrected chi connectivity index (χ1v) is 27.0. The molecule has 0 amide bonds. The molecule has 0 aliphatic heterocycles. The lowest BCUT2D eigenvalue weighted by Crippen LogP contribution is -2.30. The number of allylic oxidation sites excluding steroid dienone is 20. The summed E-state index contributed by atoms with van der Waals surface area (Å²) < 4.78 is 16.7. The lowest BCUT2D eigenvalue weighted by molar-refractivity contribution is -0.167. The molecule has 0 aromatic rings. The molecular formula is C61H98O6. The number of unbranched alkanes of at least 4 members (excludes halogenated alkanes) is 16. The first kappa shape index (κ1) is 62.8. The van der Waals surface area contributed by atoms with Gasteiger partial charge < -0.3 is 14.2 Å². The third-order valence-corrected chi connectivity index (χ3v) is 10.9. The molecule has 6 heteroatoms. The van der Waals surface area contributed by atoms with E-state index in [-0.39, 0.29) is 44.0 Å². The predicted octanol–water partition coefficient (Wildman–Crippen LogP) is 18.1. The average molecular weight is 927 g/mol. The summed E-state index contributed by atoms with van der Waals surface area (Å²) in [5.74, 6) is -1.03. The molecule has 1 atom stereocenters. The average Bonchev–Trinajstić information content (AvgIpc) is 3.33. The molecule has 0 aliphatic rings. The second-order valence-corrected chi connectivity index (χ2v) is 17.4. The zero-order chi connectivity index (χ0) is 48.6. The van der Waals surface area contributed by atoms with Crippen molar-refractivity contribution in [2.75, 3.05) is 13.2 Å². The maximum Gasteiger partial charge on any atom is 0.306 e. The van der Waals surface area contributed by atoms with Crippen molar-refractivity contribution in [1.82, 2.24) is 0 Å². The quantitative estimate of drug-likeness (QED) is 0.0262. The van der Waals surface area contributed by atoms with Crippen LogP contribution in [0, 0.1) is 0 Å². The van der Waals surface area contributed by atoms with Crippen molar-refractivity contribution in [3.63, 3.8) is 0 Å². The van der Waals surface area contributed by atoms with E-state index in [9.17, 15) is 14.4 Å². The van der Waals surface area contributed by atoms with E-state index in [0.717, 1.165) is 96.3 Å². The van der Waals surface area contributed by atoms with Gasteiger partial charge in [0.25, 0.3) is 0 Å². The summed E-state index contributed by atoms with van der Waals surface area (Å²) in [5.41, 5.74) is 0. The van der Waals surface area contributed by atoms with E-state index in [1.54, 1.807) is 0 Å².